The van der Waals surface area contributed by atoms with Crippen molar-refractivity contribution >= 4 is 27.5 Å². The number of carbonyl (C=O) groups excluding carboxylic acids is 1. The molecular formula is C20H21N3O2S. The van der Waals surface area contributed by atoms with Crippen molar-refractivity contribution in [3.05, 3.63) is 64.0 Å². The molecule has 1 atom stereocenters. The standard InChI is InChI=1S/C20H21N3O2S/c1-20(2)12-22(10-15(20)14-6-4-3-5-7-14)17(24)11-23-13-21-16-8-9-26-18(16)19(23)25/h3-9,13,15H,10-12H2,1-2H3. The van der Waals surface area contributed by atoms with Crippen LogP contribution < -0.4 is 5.56 Å². The van der Waals surface area contributed by atoms with E-state index < -0.39 is 0 Å². The third-order valence-electron chi connectivity index (χ3n) is 5.24. The zero-order valence-corrected chi connectivity index (χ0v) is 15.7. The van der Waals surface area contributed by atoms with Crippen LogP contribution in [0.4, 0.5) is 0 Å². The number of aromatic nitrogens is 2. The second kappa shape index (κ2) is 6.36. The van der Waals surface area contributed by atoms with Crippen LogP contribution in [0.5, 0.6) is 0 Å². The van der Waals surface area contributed by atoms with Crippen LogP contribution >= 0.6 is 11.3 Å². The molecule has 6 heteroatoms. The normalized spacial score (nSPS) is 19.2. The van der Waals surface area contributed by atoms with Crippen molar-refractivity contribution < 1.29 is 4.79 Å². The van der Waals surface area contributed by atoms with Gasteiger partial charge < -0.3 is 4.90 Å². The minimum absolute atomic E-state index is 0.00205. The van der Waals surface area contributed by atoms with Crippen molar-refractivity contribution in [3.8, 4) is 0 Å². The quantitative estimate of drug-likeness (QED) is 0.715. The van der Waals surface area contributed by atoms with Crippen LogP contribution in [0.1, 0.15) is 25.3 Å². The number of hydrogen-bond donors (Lipinski definition) is 0. The fourth-order valence-corrected chi connectivity index (χ4v) is 4.60. The first kappa shape index (κ1) is 17.0. The van der Waals surface area contributed by atoms with Crippen LogP contribution in [0.25, 0.3) is 10.2 Å². The number of thiophene rings is 1. The summed E-state index contributed by atoms with van der Waals surface area (Å²) in [5, 5.41) is 1.85. The van der Waals surface area contributed by atoms with Gasteiger partial charge in [0.25, 0.3) is 5.56 Å². The smallest absolute Gasteiger partial charge is 0.271 e. The van der Waals surface area contributed by atoms with Gasteiger partial charge in [-0.25, -0.2) is 4.98 Å². The van der Waals surface area contributed by atoms with Crippen molar-refractivity contribution in [1.29, 1.82) is 0 Å². The number of amides is 1. The lowest BCUT2D eigenvalue weighted by Gasteiger charge is -2.25. The molecule has 1 saturated heterocycles. The molecular weight excluding hydrogens is 346 g/mol. The maximum Gasteiger partial charge on any atom is 0.271 e. The molecule has 1 aliphatic heterocycles. The van der Waals surface area contributed by atoms with E-state index >= 15 is 0 Å². The molecule has 0 bridgehead atoms. The lowest BCUT2D eigenvalue weighted by Crippen LogP contribution is -2.35. The number of rotatable bonds is 3. The Balaban J connectivity index is 1.55. The number of benzene rings is 1. The lowest BCUT2D eigenvalue weighted by atomic mass is 9.78. The van der Waals surface area contributed by atoms with Gasteiger partial charge >= 0.3 is 0 Å². The van der Waals surface area contributed by atoms with Gasteiger partial charge in [0.1, 0.15) is 11.2 Å². The SMILES string of the molecule is CC1(C)CN(C(=O)Cn2cnc3ccsc3c2=O)CC1c1ccccc1. The summed E-state index contributed by atoms with van der Waals surface area (Å²) in [6.07, 6.45) is 1.48. The first-order chi connectivity index (χ1) is 12.5. The Kier molecular flexibility index (Phi) is 4.15. The molecule has 0 aliphatic carbocycles. The molecule has 26 heavy (non-hydrogen) atoms. The van der Waals surface area contributed by atoms with Gasteiger partial charge in [0.05, 0.1) is 11.8 Å². The predicted octanol–water partition coefficient (Wildman–Crippen LogP) is 3.11. The minimum atomic E-state index is -0.142. The molecule has 3 aromatic rings. The van der Waals surface area contributed by atoms with E-state index in [4.69, 9.17) is 0 Å². The van der Waals surface area contributed by atoms with Gasteiger partial charge in [-0.15, -0.1) is 11.3 Å². The van der Waals surface area contributed by atoms with Crippen molar-refractivity contribution in [2.24, 2.45) is 5.41 Å². The summed E-state index contributed by atoms with van der Waals surface area (Å²) in [6.45, 7) is 5.80. The number of carbonyl (C=O) groups is 1. The Labute approximate surface area is 155 Å². The average molecular weight is 367 g/mol. The van der Waals surface area contributed by atoms with Crippen LogP contribution in [0.2, 0.25) is 0 Å². The van der Waals surface area contributed by atoms with E-state index in [1.807, 2.05) is 34.5 Å². The second-order valence-electron chi connectivity index (χ2n) is 7.54. The summed E-state index contributed by atoms with van der Waals surface area (Å²) in [5.74, 6) is 0.263. The highest BCUT2D eigenvalue weighted by Crippen LogP contribution is 2.42. The Morgan fingerprint density at radius 3 is 2.81 bits per heavy atom. The molecule has 1 unspecified atom stereocenters. The molecule has 0 saturated carbocycles. The van der Waals surface area contributed by atoms with Gasteiger partial charge in [-0.3, -0.25) is 14.2 Å². The van der Waals surface area contributed by atoms with Crippen LogP contribution in [0.15, 0.2) is 52.9 Å². The maximum atomic E-state index is 12.8. The Hall–Kier alpha value is -2.47. The monoisotopic (exact) mass is 367 g/mol. The lowest BCUT2D eigenvalue weighted by molar-refractivity contribution is -0.131. The van der Waals surface area contributed by atoms with E-state index in [9.17, 15) is 9.59 Å². The van der Waals surface area contributed by atoms with Crippen molar-refractivity contribution in [3.63, 3.8) is 0 Å². The molecule has 0 spiro atoms. The van der Waals surface area contributed by atoms with Gasteiger partial charge in [-0.2, -0.15) is 0 Å². The first-order valence-electron chi connectivity index (χ1n) is 8.71. The summed E-state index contributed by atoms with van der Waals surface area (Å²) in [7, 11) is 0. The molecule has 1 aliphatic rings. The molecule has 0 N–H and O–H groups in total. The van der Waals surface area contributed by atoms with Crippen LogP contribution in [0, 0.1) is 5.41 Å². The zero-order chi connectivity index (χ0) is 18.3. The summed E-state index contributed by atoms with van der Waals surface area (Å²) < 4.78 is 2.02. The van der Waals surface area contributed by atoms with E-state index in [1.54, 1.807) is 0 Å². The molecule has 1 fully saturated rings. The molecule has 1 amide bonds. The van der Waals surface area contributed by atoms with Gasteiger partial charge in [0.2, 0.25) is 5.91 Å². The number of fused-ring (bicyclic) bond motifs is 1. The van der Waals surface area contributed by atoms with Crippen LogP contribution in [0.3, 0.4) is 0 Å². The summed E-state index contributed by atoms with van der Waals surface area (Å²) in [6, 6.07) is 12.2. The summed E-state index contributed by atoms with van der Waals surface area (Å²) in [5.41, 5.74) is 1.80. The molecule has 134 valence electrons. The van der Waals surface area contributed by atoms with Crippen molar-refractivity contribution in [2.75, 3.05) is 13.1 Å². The van der Waals surface area contributed by atoms with E-state index in [0.29, 0.717) is 29.2 Å². The Bertz CT molecular complexity index is 1010. The molecule has 0 radical (unpaired) electrons. The van der Waals surface area contributed by atoms with Crippen molar-refractivity contribution in [2.45, 2.75) is 26.3 Å². The highest BCUT2D eigenvalue weighted by Gasteiger charge is 2.41. The van der Waals surface area contributed by atoms with E-state index in [1.165, 1.54) is 27.8 Å². The zero-order valence-electron chi connectivity index (χ0n) is 14.9. The number of nitrogens with zero attached hydrogens (tertiary/aromatic N) is 3. The minimum Gasteiger partial charge on any atom is -0.340 e. The Morgan fingerprint density at radius 2 is 2.04 bits per heavy atom. The van der Waals surface area contributed by atoms with Gasteiger partial charge in [0.15, 0.2) is 0 Å². The van der Waals surface area contributed by atoms with Gasteiger partial charge in [-0.05, 0) is 22.4 Å². The fourth-order valence-electron chi connectivity index (χ4n) is 3.80. The molecule has 2 aromatic heterocycles. The topological polar surface area (TPSA) is 55.2 Å². The Morgan fingerprint density at radius 1 is 1.27 bits per heavy atom. The van der Waals surface area contributed by atoms with Crippen LogP contribution in [-0.2, 0) is 11.3 Å². The molecule has 5 nitrogen and oxygen atoms in total. The largest absolute Gasteiger partial charge is 0.340 e. The highest BCUT2D eigenvalue weighted by molar-refractivity contribution is 7.17. The maximum absolute atomic E-state index is 12.8. The molecule has 1 aromatic carbocycles. The third-order valence-corrected chi connectivity index (χ3v) is 6.13. The third kappa shape index (κ3) is 2.94. The highest BCUT2D eigenvalue weighted by atomic mass is 32.1. The first-order valence-corrected chi connectivity index (χ1v) is 9.59. The van der Waals surface area contributed by atoms with E-state index in [2.05, 4.69) is 31.0 Å². The van der Waals surface area contributed by atoms with Gasteiger partial charge in [-0.1, -0.05) is 44.2 Å². The van der Waals surface area contributed by atoms with E-state index in [0.717, 1.165) is 0 Å². The van der Waals surface area contributed by atoms with Crippen LogP contribution in [-0.4, -0.2) is 33.4 Å². The average Bonchev–Trinajstić information content (AvgIpc) is 3.22. The van der Waals surface area contributed by atoms with Crippen molar-refractivity contribution in [1.82, 2.24) is 14.5 Å². The number of likely N-dealkylation sites (tertiary alicyclic amines) is 1. The molecule has 4 rings (SSSR count). The van der Waals surface area contributed by atoms with E-state index in [-0.39, 0.29) is 23.4 Å². The second-order valence-corrected chi connectivity index (χ2v) is 8.45. The fraction of sp³-hybridized carbons (Fsp3) is 0.350. The van der Waals surface area contributed by atoms with Gasteiger partial charge in [0, 0.05) is 19.0 Å². The molecule has 3 heterocycles. The summed E-state index contributed by atoms with van der Waals surface area (Å²) >= 11 is 1.36. The summed E-state index contributed by atoms with van der Waals surface area (Å²) in [4.78, 5) is 31.5. The predicted molar refractivity (Wildman–Crippen MR) is 103 cm³/mol. The number of hydrogen-bond acceptors (Lipinski definition) is 4.